The van der Waals surface area contributed by atoms with Gasteiger partial charge in [-0.2, -0.15) is 0 Å². The van der Waals surface area contributed by atoms with Crippen molar-refractivity contribution in [2.75, 3.05) is 31.1 Å². The molecule has 186 valence electrons. The Morgan fingerprint density at radius 2 is 1.54 bits per heavy atom. The highest BCUT2D eigenvalue weighted by Crippen LogP contribution is 2.43. The van der Waals surface area contributed by atoms with E-state index in [1.54, 1.807) is 6.07 Å². The summed E-state index contributed by atoms with van der Waals surface area (Å²) < 4.78 is 2.63. The Morgan fingerprint density at radius 1 is 0.784 bits per heavy atom. The number of aryl methyl sites for hydroxylation is 2. The van der Waals surface area contributed by atoms with Crippen LogP contribution in [0.4, 0.5) is 5.69 Å². The minimum Gasteiger partial charge on any atom is -0.545 e. The van der Waals surface area contributed by atoms with Crippen LogP contribution in [0.2, 0.25) is 0 Å². The van der Waals surface area contributed by atoms with Gasteiger partial charge in [-0.3, -0.25) is 0 Å². The van der Waals surface area contributed by atoms with Crippen molar-refractivity contribution in [2.24, 2.45) is 0 Å². The Bertz CT molecular complexity index is 1640. The van der Waals surface area contributed by atoms with Crippen molar-refractivity contribution < 1.29 is 9.90 Å². The molecule has 4 nitrogen and oxygen atoms in total. The fourth-order valence-electron chi connectivity index (χ4n) is 8.19. The molecule has 0 amide bonds. The average Bonchev–Trinajstić information content (AvgIpc) is 2.93. The second-order valence-corrected chi connectivity index (χ2v) is 11.6. The molecule has 4 heterocycles. The quantitative estimate of drug-likeness (QED) is 0.407. The lowest BCUT2D eigenvalue weighted by molar-refractivity contribution is -0.255. The summed E-state index contributed by atoms with van der Waals surface area (Å²) in [6, 6.07) is 12.4. The maximum absolute atomic E-state index is 12.4. The van der Waals surface area contributed by atoms with Crippen LogP contribution in [0.5, 0.6) is 0 Å². The molecule has 5 aliphatic rings. The monoisotopic (exact) mass is 488 g/mol. The highest BCUT2D eigenvalue weighted by Gasteiger charge is 2.34. The molecule has 4 aliphatic heterocycles. The van der Waals surface area contributed by atoms with E-state index in [0.717, 1.165) is 69.4 Å². The Morgan fingerprint density at radius 3 is 2.41 bits per heavy atom. The minimum absolute atomic E-state index is 0.303. The van der Waals surface area contributed by atoms with Crippen molar-refractivity contribution in [1.29, 1.82) is 0 Å². The molecule has 0 unspecified atom stereocenters. The third kappa shape index (κ3) is 3.08. The summed E-state index contributed by atoms with van der Waals surface area (Å²) in [5.74, 6) is -1.09. The summed E-state index contributed by atoms with van der Waals surface area (Å²) >= 11 is 0. The molecular weight excluding hydrogens is 456 g/mol. The molecule has 3 aromatic carbocycles. The SMILES string of the molecule is O=C([O-])c1ccccc1C1=c2cc3c4c(c2Cc2c1cc1c5c2CCCN5CCC1)CCC[N+]=4CCC3. The van der Waals surface area contributed by atoms with Crippen LogP contribution in [-0.2, 0) is 32.1 Å². The van der Waals surface area contributed by atoms with Gasteiger partial charge >= 0.3 is 0 Å². The predicted octanol–water partition coefficient (Wildman–Crippen LogP) is 2.28. The summed E-state index contributed by atoms with van der Waals surface area (Å²) in [7, 11) is 0. The molecule has 3 aromatic rings. The number of fused-ring (bicyclic) bond motifs is 4. The molecule has 37 heavy (non-hydrogen) atoms. The molecule has 4 heteroatoms. The number of hydrogen-bond acceptors (Lipinski definition) is 3. The van der Waals surface area contributed by atoms with Gasteiger partial charge in [0.25, 0.3) is 0 Å². The van der Waals surface area contributed by atoms with Crippen LogP contribution in [0.3, 0.4) is 0 Å². The number of anilines is 1. The van der Waals surface area contributed by atoms with Crippen LogP contribution in [0.15, 0.2) is 36.4 Å². The number of nitrogens with zero attached hydrogens (tertiary/aromatic N) is 2. The van der Waals surface area contributed by atoms with Crippen LogP contribution in [0.25, 0.3) is 5.57 Å². The smallest absolute Gasteiger partial charge is 0.206 e. The summed E-state index contributed by atoms with van der Waals surface area (Å²) in [6.45, 7) is 4.64. The highest BCUT2D eigenvalue weighted by atomic mass is 16.4. The first-order valence-electron chi connectivity index (χ1n) is 14.2. The van der Waals surface area contributed by atoms with Crippen molar-refractivity contribution in [3.63, 3.8) is 0 Å². The number of carbonyl (C=O) groups is 1. The molecule has 0 aromatic heterocycles. The van der Waals surface area contributed by atoms with Gasteiger partial charge in [-0.05, 0) is 101 Å². The van der Waals surface area contributed by atoms with E-state index in [1.807, 2.05) is 18.2 Å². The third-order valence-electron chi connectivity index (χ3n) is 9.59. The van der Waals surface area contributed by atoms with Crippen molar-refractivity contribution in [2.45, 2.75) is 57.8 Å². The number of hydrogen-bond donors (Lipinski definition) is 0. The van der Waals surface area contributed by atoms with Crippen molar-refractivity contribution in [1.82, 2.24) is 4.58 Å². The summed E-state index contributed by atoms with van der Waals surface area (Å²) in [4.78, 5) is 15.0. The van der Waals surface area contributed by atoms with Gasteiger partial charge in [0.15, 0.2) is 0 Å². The van der Waals surface area contributed by atoms with Gasteiger partial charge < -0.3 is 14.8 Å². The van der Waals surface area contributed by atoms with E-state index < -0.39 is 5.97 Å². The largest absolute Gasteiger partial charge is 0.545 e. The number of aromatic carboxylic acids is 1. The molecular formula is C33H32N2O2. The fraction of sp³-hybridized carbons (Fsp3) is 0.394. The van der Waals surface area contributed by atoms with Gasteiger partial charge in [0.2, 0.25) is 5.36 Å². The standard InChI is InChI=1S/C33H32N2O2/c36-33(37)25-10-2-1-9-22(25)30-28-17-20-7-3-13-34-15-5-11-23(31(20)34)26(28)19-27-24-12-6-16-35-14-4-8-21(32(24)35)18-29(27)30/h1-2,9-10,17-18H,3-8,11-16,19H2. The maximum atomic E-state index is 12.4. The normalized spacial score (nSPS) is 19.1. The minimum atomic E-state index is -1.09. The summed E-state index contributed by atoms with van der Waals surface area (Å²) in [5, 5.41) is 15.1. The van der Waals surface area contributed by atoms with E-state index in [0.29, 0.717) is 5.56 Å². The van der Waals surface area contributed by atoms with Crippen LogP contribution < -0.4 is 25.2 Å². The van der Waals surface area contributed by atoms with Crippen molar-refractivity contribution >= 4 is 17.2 Å². The van der Waals surface area contributed by atoms with Gasteiger partial charge in [0.1, 0.15) is 13.1 Å². The van der Waals surface area contributed by atoms with Crippen LogP contribution in [0.1, 0.15) is 80.5 Å². The first-order chi connectivity index (χ1) is 18.2. The number of carboxylic acids is 1. The third-order valence-corrected chi connectivity index (χ3v) is 9.59. The molecule has 0 spiro atoms. The molecule has 0 radical (unpaired) electrons. The topological polar surface area (TPSA) is 46.4 Å². The predicted molar refractivity (Wildman–Crippen MR) is 144 cm³/mol. The van der Waals surface area contributed by atoms with E-state index in [2.05, 4.69) is 21.6 Å². The lowest BCUT2D eigenvalue weighted by atomic mass is 9.74. The van der Waals surface area contributed by atoms with Gasteiger partial charge in [0, 0.05) is 48.3 Å². The highest BCUT2D eigenvalue weighted by molar-refractivity contribution is 5.97. The second-order valence-electron chi connectivity index (χ2n) is 11.6. The number of rotatable bonds is 2. The van der Waals surface area contributed by atoms with Crippen LogP contribution in [-0.4, -0.2) is 32.1 Å². The first kappa shape index (κ1) is 21.7. The zero-order chi connectivity index (χ0) is 24.7. The first-order valence-corrected chi connectivity index (χ1v) is 14.2. The molecule has 0 atom stereocenters. The van der Waals surface area contributed by atoms with E-state index in [-0.39, 0.29) is 0 Å². The van der Waals surface area contributed by atoms with E-state index >= 15 is 0 Å². The Labute approximate surface area is 217 Å². The Hall–Kier alpha value is -3.40. The Kier molecular flexibility index (Phi) is 4.71. The molecule has 0 fully saturated rings. The van der Waals surface area contributed by atoms with E-state index in [4.69, 9.17) is 0 Å². The van der Waals surface area contributed by atoms with Crippen molar-refractivity contribution in [3.8, 4) is 0 Å². The zero-order valence-electron chi connectivity index (χ0n) is 21.4. The van der Waals surface area contributed by atoms with Crippen LogP contribution >= 0.6 is 0 Å². The lowest BCUT2D eigenvalue weighted by Gasteiger charge is -2.40. The van der Waals surface area contributed by atoms with Gasteiger partial charge in [-0.25, -0.2) is 4.58 Å². The molecule has 8 rings (SSSR count). The summed E-state index contributed by atoms with van der Waals surface area (Å²) in [5.41, 5.74) is 13.9. The molecule has 1 aliphatic carbocycles. The number of carboxylic acid groups (broad SMARTS) is 1. The van der Waals surface area contributed by atoms with Crippen LogP contribution in [0, 0.1) is 0 Å². The second kappa shape index (κ2) is 8.05. The average molecular weight is 489 g/mol. The molecule has 0 N–H and O–H groups in total. The molecule has 0 saturated heterocycles. The fourth-order valence-corrected chi connectivity index (χ4v) is 8.19. The molecule has 0 bridgehead atoms. The van der Waals surface area contributed by atoms with E-state index in [9.17, 15) is 9.90 Å². The number of carbonyl (C=O) groups excluding carboxylic acids is 1. The Balaban J connectivity index is 1.54. The molecule has 0 saturated carbocycles. The van der Waals surface area contributed by atoms with Crippen molar-refractivity contribution in [3.05, 3.63) is 97.0 Å². The van der Waals surface area contributed by atoms with Gasteiger partial charge in [-0.1, -0.05) is 24.3 Å². The number of benzene rings is 3. The maximum Gasteiger partial charge on any atom is 0.206 e. The lowest BCUT2D eigenvalue weighted by Crippen LogP contribution is -2.46. The van der Waals surface area contributed by atoms with Gasteiger partial charge in [-0.15, -0.1) is 0 Å². The zero-order valence-corrected chi connectivity index (χ0v) is 21.4. The van der Waals surface area contributed by atoms with Gasteiger partial charge in [0.05, 0.1) is 5.97 Å². The summed E-state index contributed by atoms with van der Waals surface area (Å²) in [6.07, 6.45) is 10.2. The van der Waals surface area contributed by atoms with E-state index in [1.165, 1.54) is 80.9 Å².